The van der Waals surface area contributed by atoms with Crippen molar-refractivity contribution in [2.24, 2.45) is 5.92 Å². The third kappa shape index (κ3) is 1.96. The summed E-state index contributed by atoms with van der Waals surface area (Å²) in [6.07, 6.45) is 3.38. The number of ether oxygens (including phenoxy) is 3. The molecule has 3 rings (SSSR count). The van der Waals surface area contributed by atoms with E-state index >= 15 is 0 Å². The summed E-state index contributed by atoms with van der Waals surface area (Å²) in [6.45, 7) is 7.41. The van der Waals surface area contributed by atoms with Crippen LogP contribution in [0.5, 0.6) is 0 Å². The summed E-state index contributed by atoms with van der Waals surface area (Å²) in [5.41, 5.74) is -1.51. The molecule has 2 saturated heterocycles. The first kappa shape index (κ1) is 14.5. The monoisotopic (exact) mass is 284 g/mol. The van der Waals surface area contributed by atoms with Crippen molar-refractivity contribution in [2.45, 2.75) is 68.7 Å². The second-order valence-electron chi connectivity index (χ2n) is 6.88. The minimum absolute atomic E-state index is 0.103. The van der Waals surface area contributed by atoms with Crippen LogP contribution in [0.1, 0.15) is 39.5 Å². The maximum Gasteiger partial charge on any atom is 0.203 e. The summed E-state index contributed by atoms with van der Waals surface area (Å²) < 4.78 is 17.7. The van der Waals surface area contributed by atoms with E-state index in [1.54, 1.807) is 13.8 Å². The molecule has 20 heavy (non-hydrogen) atoms. The predicted octanol–water partition coefficient (Wildman–Crippen LogP) is 1.33. The van der Waals surface area contributed by atoms with E-state index in [2.05, 4.69) is 6.58 Å². The first-order valence-corrected chi connectivity index (χ1v) is 7.29. The number of aliphatic hydroxyl groups excluding tert-OH is 1. The zero-order chi connectivity index (χ0) is 14.6. The van der Waals surface area contributed by atoms with Crippen LogP contribution in [0, 0.1) is 5.92 Å². The van der Waals surface area contributed by atoms with Crippen molar-refractivity contribution in [1.29, 1.82) is 0 Å². The van der Waals surface area contributed by atoms with Crippen molar-refractivity contribution < 1.29 is 24.4 Å². The fourth-order valence-corrected chi connectivity index (χ4v) is 3.85. The van der Waals surface area contributed by atoms with E-state index in [1.807, 2.05) is 6.08 Å². The number of aliphatic hydroxyl groups is 2. The Bertz CT molecular complexity index is 404. The molecule has 0 aromatic rings. The van der Waals surface area contributed by atoms with Crippen LogP contribution < -0.4 is 0 Å². The fraction of sp³-hybridized carbons (Fsp3) is 0.867. The van der Waals surface area contributed by atoms with Crippen LogP contribution in [0.25, 0.3) is 0 Å². The molecule has 0 unspecified atom stereocenters. The molecule has 5 heteroatoms. The Labute approximate surface area is 119 Å². The molecule has 0 aromatic carbocycles. The summed E-state index contributed by atoms with van der Waals surface area (Å²) in [5.74, 6) is -0.805. The van der Waals surface area contributed by atoms with Crippen LogP contribution in [-0.2, 0) is 14.2 Å². The molecule has 2 N–H and O–H groups in total. The van der Waals surface area contributed by atoms with Gasteiger partial charge in [0.25, 0.3) is 0 Å². The average molecular weight is 284 g/mol. The number of hydrogen-bond donors (Lipinski definition) is 2. The van der Waals surface area contributed by atoms with Gasteiger partial charge >= 0.3 is 0 Å². The van der Waals surface area contributed by atoms with E-state index in [0.717, 1.165) is 6.42 Å². The van der Waals surface area contributed by atoms with E-state index in [9.17, 15) is 10.2 Å². The van der Waals surface area contributed by atoms with Gasteiger partial charge in [-0.1, -0.05) is 6.08 Å². The lowest BCUT2D eigenvalue weighted by Gasteiger charge is -2.45. The van der Waals surface area contributed by atoms with Gasteiger partial charge in [-0.05, 0) is 32.6 Å². The maximum atomic E-state index is 10.3. The lowest BCUT2D eigenvalue weighted by atomic mass is 9.70. The second kappa shape index (κ2) is 4.52. The Morgan fingerprint density at radius 1 is 1.30 bits per heavy atom. The maximum absolute atomic E-state index is 10.3. The van der Waals surface area contributed by atoms with Gasteiger partial charge < -0.3 is 24.4 Å². The van der Waals surface area contributed by atoms with Crippen molar-refractivity contribution in [3.8, 4) is 0 Å². The van der Waals surface area contributed by atoms with Gasteiger partial charge in [-0.25, -0.2) is 0 Å². The van der Waals surface area contributed by atoms with Crippen LogP contribution >= 0.6 is 0 Å². The second-order valence-corrected chi connectivity index (χ2v) is 6.88. The fourth-order valence-electron chi connectivity index (χ4n) is 3.85. The molecule has 2 heterocycles. The average Bonchev–Trinajstić information content (AvgIpc) is 2.80. The highest BCUT2D eigenvalue weighted by Gasteiger charge is 2.70. The van der Waals surface area contributed by atoms with Gasteiger partial charge in [-0.15, -0.1) is 6.58 Å². The molecule has 0 radical (unpaired) electrons. The summed E-state index contributed by atoms with van der Waals surface area (Å²) in [6, 6.07) is 0. The topological polar surface area (TPSA) is 68.2 Å². The summed E-state index contributed by atoms with van der Waals surface area (Å²) >= 11 is 0. The number of hydrogen-bond acceptors (Lipinski definition) is 5. The van der Waals surface area contributed by atoms with Crippen molar-refractivity contribution in [3.63, 3.8) is 0 Å². The highest BCUT2D eigenvalue weighted by molar-refractivity contribution is 5.13. The largest absolute Gasteiger partial charge is 0.393 e. The highest BCUT2D eigenvalue weighted by atomic mass is 16.8. The van der Waals surface area contributed by atoms with Gasteiger partial charge in [0, 0.05) is 12.8 Å². The Hall–Kier alpha value is -0.460. The molecular formula is C15H24O5. The first-order valence-electron chi connectivity index (χ1n) is 7.29. The van der Waals surface area contributed by atoms with E-state index in [4.69, 9.17) is 14.2 Å². The van der Waals surface area contributed by atoms with E-state index < -0.39 is 23.1 Å². The molecule has 5 nitrogen and oxygen atoms in total. The van der Waals surface area contributed by atoms with Crippen LogP contribution in [-0.4, -0.2) is 46.2 Å². The lowest BCUT2D eigenvalue weighted by molar-refractivity contribution is -0.267. The Morgan fingerprint density at radius 2 is 2.05 bits per heavy atom. The Balaban J connectivity index is 1.90. The van der Waals surface area contributed by atoms with Crippen molar-refractivity contribution in [1.82, 2.24) is 0 Å². The third-order valence-corrected chi connectivity index (χ3v) is 5.04. The molecule has 5 atom stereocenters. The lowest BCUT2D eigenvalue weighted by Crippen LogP contribution is -2.57. The molecule has 0 bridgehead atoms. The molecule has 0 aromatic heterocycles. The Kier molecular flexibility index (Phi) is 3.27. The van der Waals surface area contributed by atoms with Gasteiger partial charge in [0.05, 0.1) is 17.8 Å². The van der Waals surface area contributed by atoms with E-state index in [0.29, 0.717) is 19.3 Å². The summed E-state index contributed by atoms with van der Waals surface area (Å²) in [5, 5.41) is 20.6. The first-order chi connectivity index (χ1) is 9.32. The molecule has 3 fully saturated rings. The zero-order valence-electron chi connectivity index (χ0n) is 12.2. The molecule has 1 saturated carbocycles. The van der Waals surface area contributed by atoms with Gasteiger partial charge in [0.1, 0.15) is 5.60 Å². The molecule has 2 aliphatic heterocycles. The molecule has 114 valence electrons. The third-order valence-electron chi connectivity index (χ3n) is 5.04. The van der Waals surface area contributed by atoms with Crippen molar-refractivity contribution >= 4 is 0 Å². The minimum atomic E-state index is -0.958. The van der Waals surface area contributed by atoms with Crippen LogP contribution in [0.2, 0.25) is 0 Å². The van der Waals surface area contributed by atoms with Gasteiger partial charge in [0.2, 0.25) is 5.79 Å². The summed E-state index contributed by atoms with van der Waals surface area (Å²) in [4.78, 5) is 0. The van der Waals surface area contributed by atoms with Gasteiger partial charge in [0.15, 0.2) is 6.79 Å². The van der Waals surface area contributed by atoms with Crippen molar-refractivity contribution in [2.75, 3.05) is 6.79 Å². The SMILES string of the molecule is C=CC[C@@H]1C[C@@]23C[C@H](C(C)(C)O)O[C@]2(C[C@H]1O)OCO3. The Morgan fingerprint density at radius 3 is 2.70 bits per heavy atom. The van der Waals surface area contributed by atoms with Gasteiger partial charge in [-0.3, -0.25) is 0 Å². The number of allylic oxidation sites excluding steroid dienone is 1. The van der Waals surface area contributed by atoms with Crippen LogP contribution in [0.4, 0.5) is 0 Å². The van der Waals surface area contributed by atoms with Crippen molar-refractivity contribution in [3.05, 3.63) is 12.7 Å². The highest BCUT2D eigenvalue weighted by Crippen LogP contribution is 2.58. The molecule has 0 spiro atoms. The van der Waals surface area contributed by atoms with Crippen LogP contribution in [0.3, 0.4) is 0 Å². The van der Waals surface area contributed by atoms with Crippen LogP contribution in [0.15, 0.2) is 12.7 Å². The molecule has 0 amide bonds. The van der Waals surface area contributed by atoms with E-state index in [-0.39, 0.29) is 18.8 Å². The van der Waals surface area contributed by atoms with E-state index in [1.165, 1.54) is 0 Å². The standard InChI is InChI=1S/C15H24O5/c1-4-5-10-6-14-8-12(13(2,3)17)20-15(14,7-11(10)16)19-9-18-14/h4,10-12,16-17H,1,5-9H2,2-3H3/t10-,11-,12-,14-,15+/m1/s1. The minimum Gasteiger partial charge on any atom is -0.393 e. The predicted molar refractivity (Wildman–Crippen MR) is 71.8 cm³/mol. The molecule has 1 aliphatic carbocycles. The molecule has 3 aliphatic rings. The summed E-state index contributed by atoms with van der Waals surface area (Å²) in [7, 11) is 0. The quantitative estimate of drug-likeness (QED) is 0.765. The molecular weight excluding hydrogens is 260 g/mol. The zero-order valence-corrected chi connectivity index (χ0v) is 12.2. The normalized spacial score (nSPS) is 47.9. The smallest absolute Gasteiger partial charge is 0.203 e. The van der Waals surface area contributed by atoms with Gasteiger partial charge in [-0.2, -0.15) is 0 Å². The number of rotatable bonds is 3.